The SMILES string of the molecule is O=[N+]([O-])c1ccc(C=Cc2nc(NCCCN3CCCC3)c3cc(F)ccc3n2)o1. The number of likely N-dealkylation sites (tertiary alicyclic amines) is 1. The van der Waals surface area contributed by atoms with Gasteiger partial charge in [0.2, 0.25) is 0 Å². The molecular weight excluding hydrogens is 389 g/mol. The number of furan rings is 1. The van der Waals surface area contributed by atoms with Crippen molar-refractivity contribution in [1.29, 1.82) is 0 Å². The first-order valence-electron chi connectivity index (χ1n) is 9.94. The van der Waals surface area contributed by atoms with E-state index in [1.165, 1.54) is 37.1 Å². The second-order valence-corrected chi connectivity index (χ2v) is 7.19. The molecule has 0 saturated carbocycles. The minimum absolute atomic E-state index is 0.324. The highest BCUT2D eigenvalue weighted by Crippen LogP contribution is 2.23. The maximum absolute atomic E-state index is 13.8. The highest BCUT2D eigenvalue weighted by molar-refractivity contribution is 5.90. The van der Waals surface area contributed by atoms with Gasteiger partial charge in [0.25, 0.3) is 0 Å². The molecule has 1 aromatic carbocycles. The Morgan fingerprint density at radius 2 is 2.03 bits per heavy atom. The third kappa shape index (κ3) is 4.80. The number of nitrogens with one attached hydrogen (secondary N) is 1. The maximum Gasteiger partial charge on any atom is 0.433 e. The molecule has 0 atom stereocenters. The van der Waals surface area contributed by atoms with Gasteiger partial charge in [-0.05, 0) is 75.3 Å². The highest BCUT2D eigenvalue weighted by atomic mass is 19.1. The number of fused-ring (bicyclic) bond motifs is 1. The van der Waals surface area contributed by atoms with Crippen molar-refractivity contribution in [2.24, 2.45) is 0 Å². The van der Waals surface area contributed by atoms with Gasteiger partial charge >= 0.3 is 5.88 Å². The standard InChI is InChI=1S/C21H22FN5O3/c22-15-4-7-18-17(14-15)21(23-10-3-13-26-11-1-2-12-26)25-19(24-18)8-5-16-6-9-20(30-16)27(28)29/h4-9,14H,1-3,10-13H2,(H,23,24,25). The van der Waals surface area contributed by atoms with Gasteiger partial charge in [-0.3, -0.25) is 10.1 Å². The Morgan fingerprint density at radius 1 is 1.20 bits per heavy atom. The van der Waals surface area contributed by atoms with Crippen molar-refractivity contribution in [3.05, 3.63) is 57.8 Å². The second-order valence-electron chi connectivity index (χ2n) is 7.19. The fourth-order valence-electron chi connectivity index (χ4n) is 3.53. The van der Waals surface area contributed by atoms with E-state index in [0.717, 1.165) is 26.1 Å². The summed E-state index contributed by atoms with van der Waals surface area (Å²) >= 11 is 0. The molecule has 8 nitrogen and oxygen atoms in total. The number of benzene rings is 1. The third-order valence-corrected chi connectivity index (χ3v) is 5.01. The molecule has 0 amide bonds. The van der Waals surface area contributed by atoms with E-state index in [4.69, 9.17) is 4.42 Å². The van der Waals surface area contributed by atoms with Crippen LogP contribution in [0, 0.1) is 15.9 Å². The third-order valence-electron chi connectivity index (χ3n) is 5.01. The topological polar surface area (TPSA) is 97.3 Å². The van der Waals surface area contributed by atoms with Crippen LogP contribution in [0.5, 0.6) is 0 Å². The van der Waals surface area contributed by atoms with Crippen LogP contribution in [0.25, 0.3) is 23.1 Å². The minimum Gasteiger partial charge on any atom is -0.401 e. The first kappa shape index (κ1) is 20.0. The van der Waals surface area contributed by atoms with Crippen LogP contribution in [0.15, 0.2) is 34.7 Å². The Bertz CT molecular complexity index is 1080. The van der Waals surface area contributed by atoms with E-state index in [1.807, 2.05) is 0 Å². The molecule has 3 aromatic rings. The summed E-state index contributed by atoms with van der Waals surface area (Å²) in [7, 11) is 0. The zero-order chi connectivity index (χ0) is 20.9. The van der Waals surface area contributed by atoms with Gasteiger partial charge in [-0.25, -0.2) is 14.4 Å². The van der Waals surface area contributed by atoms with Crippen molar-refractivity contribution < 1.29 is 13.7 Å². The summed E-state index contributed by atoms with van der Waals surface area (Å²) < 4.78 is 18.9. The van der Waals surface area contributed by atoms with Gasteiger partial charge in [-0.1, -0.05) is 0 Å². The molecule has 1 fully saturated rings. The number of hydrogen-bond acceptors (Lipinski definition) is 7. The van der Waals surface area contributed by atoms with Crippen molar-refractivity contribution in [3.8, 4) is 0 Å². The molecule has 1 saturated heterocycles. The lowest BCUT2D eigenvalue weighted by Gasteiger charge is -2.15. The van der Waals surface area contributed by atoms with Crippen LogP contribution in [-0.2, 0) is 0 Å². The molecule has 156 valence electrons. The van der Waals surface area contributed by atoms with Crippen molar-refractivity contribution in [2.75, 3.05) is 31.5 Å². The van der Waals surface area contributed by atoms with Gasteiger partial charge in [0.05, 0.1) is 11.6 Å². The molecule has 4 rings (SSSR count). The van der Waals surface area contributed by atoms with Gasteiger partial charge in [-0.15, -0.1) is 0 Å². The van der Waals surface area contributed by atoms with E-state index >= 15 is 0 Å². The quantitative estimate of drug-likeness (QED) is 0.334. The van der Waals surface area contributed by atoms with Gasteiger partial charge in [0, 0.05) is 11.9 Å². The fraction of sp³-hybridized carbons (Fsp3) is 0.333. The van der Waals surface area contributed by atoms with Gasteiger partial charge in [0.15, 0.2) is 5.82 Å². The van der Waals surface area contributed by atoms with Crippen LogP contribution in [0.2, 0.25) is 0 Å². The first-order valence-corrected chi connectivity index (χ1v) is 9.94. The lowest BCUT2D eigenvalue weighted by atomic mass is 10.2. The van der Waals surface area contributed by atoms with Gasteiger partial charge in [0.1, 0.15) is 22.3 Å². The number of anilines is 1. The minimum atomic E-state index is -0.595. The molecule has 1 N–H and O–H groups in total. The molecule has 1 aliphatic heterocycles. The molecule has 30 heavy (non-hydrogen) atoms. The molecule has 0 bridgehead atoms. The second kappa shape index (κ2) is 9.00. The molecular formula is C21H22FN5O3. The van der Waals surface area contributed by atoms with Crippen LogP contribution in [0.1, 0.15) is 30.8 Å². The number of nitro groups is 1. The van der Waals surface area contributed by atoms with E-state index in [-0.39, 0.29) is 11.7 Å². The Labute approximate surface area is 172 Å². The highest BCUT2D eigenvalue weighted by Gasteiger charge is 2.12. The van der Waals surface area contributed by atoms with Gasteiger partial charge < -0.3 is 14.6 Å². The molecule has 0 unspecified atom stereocenters. The van der Waals surface area contributed by atoms with Gasteiger partial charge in [-0.2, -0.15) is 0 Å². The van der Waals surface area contributed by atoms with E-state index in [2.05, 4.69) is 20.2 Å². The van der Waals surface area contributed by atoms with E-state index < -0.39 is 4.92 Å². The molecule has 2 aromatic heterocycles. The molecule has 1 aliphatic rings. The summed E-state index contributed by atoms with van der Waals surface area (Å²) in [5, 5.41) is 14.7. The fourth-order valence-corrected chi connectivity index (χ4v) is 3.53. The van der Waals surface area contributed by atoms with E-state index in [0.29, 0.717) is 34.9 Å². The molecule has 0 radical (unpaired) electrons. The van der Waals surface area contributed by atoms with Crippen LogP contribution in [-0.4, -0.2) is 46.0 Å². The number of halogens is 1. The Morgan fingerprint density at radius 3 is 2.80 bits per heavy atom. The number of hydrogen-bond donors (Lipinski definition) is 1. The molecule has 9 heteroatoms. The lowest BCUT2D eigenvalue weighted by Crippen LogP contribution is -2.22. The predicted octanol–water partition coefficient (Wildman–Crippen LogP) is 4.34. The normalized spacial score (nSPS) is 14.7. The predicted molar refractivity (Wildman–Crippen MR) is 113 cm³/mol. The van der Waals surface area contributed by atoms with Crippen molar-refractivity contribution in [1.82, 2.24) is 14.9 Å². The summed E-state index contributed by atoms with van der Waals surface area (Å²) in [6, 6.07) is 7.17. The van der Waals surface area contributed by atoms with Crippen molar-refractivity contribution >= 4 is 34.8 Å². The lowest BCUT2D eigenvalue weighted by molar-refractivity contribution is -0.402. The Hall–Kier alpha value is -3.33. The Kier molecular flexibility index (Phi) is 5.99. The average molecular weight is 411 g/mol. The number of rotatable bonds is 8. The molecule has 0 aliphatic carbocycles. The summed E-state index contributed by atoms with van der Waals surface area (Å²) in [5.41, 5.74) is 0.610. The van der Waals surface area contributed by atoms with E-state index in [9.17, 15) is 14.5 Å². The van der Waals surface area contributed by atoms with Crippen molar-refractivity contribution in [2.45, 2.75) is 19.3 Å². The average Bonchev–Trinajstić information content (AvgIpc) is 3.42. The summed E-state index contributed by atoms with van der Waals surface area (Å²) in [4.78, 5) is 21.5. The van der Waals surface area contributed by atoms with Crippen LogP contribution < -0.4 is 5.32 Å². The largest absolute Gasteiger partial charge is 0.433 e. The smallest absolute Gasteiger partial charge is 0.401 e. The molecule has 0 spiro atoms. The molecule has 3 heterocycles. The summed E-state index contributed by atoms with van der Waals surface area (Å²) in [5.74, 6) is 0.605. The van der Waals surface area contributed by atoms with Crippen LogP contribution >= 0.6 is 0 Å². The number of nitrogens with zero attached hydrogens (tertiary/aromatic N) is 4. The zero-order valence-corrected chi connectivity index (χ0v) is 16.4. The van der Waals surface area contributed by atoms with Crippen LogP contribution in [0.4, 0.5) is 16.1 Å². The monoisotopic (exact) mass is 411 g/mol. The summed E-state index contributed by atoms with van der Waals surface area (Å²) in [6.07, 6.45) is 6.66. The number of aromatic nitrogens is 2. The van der Waals surface area contributed by atoms with Crippen LogP contribution in [0.3, 0.4) is 0 Å². The first-order chi connectivity index (χ1) is 14.6. The Balaban J connectivity index is 1.52. The maximum atomic E-state index is 13.8. The zero-order valence-electron chi connectivity index (χ0n) is 16.4. The van der Waals surface area contributed by atoms with E-state index in [1.54, 1.807) is 18.2 Å². The van der Waals surface area contributed by atoms with Crippen molar-refractivity contribution in [3.63, 3.8) is 0 Å². The summed E-state index contributed by atoms with van der Waals surface area (Å²) in [6.45, 7) is 4.05.